The Kier molecular flexibility index (Phi) is 5.04. The van der Waals surface area contributed by atoms with E-state index in [4.69, 9.17) is 15.5 Å². The number of ether oxygens (including phenoxy) is 1. The molecule has 0 saturated carbocycles. The van der Waals surface area contributed by atoms with Crippen LogP contribution in [0.3, 0.4) is 0 Å². The van der Waals surface area contributed by atoms with E-state index < -0.39 is 0 Å². The van der Waals surface area contributed by atoms with Gasteiger partial charge in [0.05, 0.1) is 12.3 Å². The quantitative estimate of drug-likeness (QED) is 0.928. The lowest BCUT2D eigenvalue weighted by molar-refractivity contribution is 0.143. The van der Waals surface area contributed by atoms with E-state index in [0.29, 0.717) is 12.5 Å². The summed E-state index contributed by atoms with van der Waals surface area (Å²) in [5.74, 6) is 0.622. The molecule has 1 aromatic rings. The van der Waals surface area contributed by atoms with Crippen molar-refractivity contribution in [2.75, 3.05) is 31.7 Å². The standard InChI is InChI=1S/C15H27N3OS/c1-15(2,3)13-12(8-16)20-14(17-13)18-7-5-6-11(9-18)10-19-4/h11H,5-10,16H2,1-4H3. The summed E-state index contributed by atoms with van der Waals surface area (Å²) in [6.45, 7) is 10.2. The molecule has 0 amide bonds. The highest BCUT2D eigenvalue weighted by Gasteiger charge is 2.27. The van der Waals surface area contributed by atoms with Crippen molar-refractivity contribution >= 4 is 16.5 Å². The van der Waals surface area contributed by atoms with Crippen LogP contribution in [-0.4, -0.2) is 31.8 Å². The van der Waals surface area contributed by atoms with E-state index in [9.17, 15) is 0 Å². The zero-order chi connectivity index (χ0) is 14.8. The first-order valence-electron chi connectivity index (χ1n) is 7.39. The van der Waals surface area contributed by atoms with E-state index in [1.165, 1.54) is 17.7 Å². The monoisotopic (exact) mass is 297 g/mol. The van der Waals surface area contributed by atoms with Crippen LogP contribution in [0.4, 0.5) is 5.13 Å². The topological polar surface area (TPSA) is 51.4 Å². The zero-order valence-corrected chi connectivity index (χ0v) is 13.9. The van der Waals surface area contributed by atoms with Crippen LogP contribution < -0.4 is 10.6 Å². The third kappa shape index (κ3) is 3.51. The SMILES string of the molecule is COCC1CCCN(c2nc(C(C)(C)C)c(CN)s2)C1. The van der Waals surface area contributed by atoms with Gasteiger partial charge in [0.15, 0.2) is 5.13 Å². The summed E-state index contributed by atoms with van der Waals surface area (Å²) in [5, 5.41) is 1.14. The molecule has 2 rings (SSSR count). The molecule has 4 nitrogen and oxygen atoms in total. The summed E-state index contributed by atoms with van der Waals surface area (Å²) in [7, 11) is 1.78. The molecule has 5 heteroatoms. The van der Waals surface area contributed by atoms with E-state index >= 15 is 0 Å². The average molecular weight is 297 g/mol. The average Bonchev–Trinajstić information content (AvgIpc) is 2.83. The number of hydrogen-bond donors (Lipinski definition) is 1. The highest BCUT2D eigenvalue weighted by Crippen LogP contribution is 2.35. The molecule has 0 radical (unpaired) electrons. The zero-order valence-electron chi connectivity index (χ0n) is 13.1. The molecule has 1 saturated heterocycles. The first-order valence-corrected chi connectivity index (χ1v) is 8.21. The molecule has 1 aromatic heterocycles. The lowest BCUT2D eigenvalue weighted by Crippen LogP contribution is -2.37. The second-order valence-corrected chi connectivity index (χ2v) is 7.69. The van der Waals surface area contributed by atoms with Gasteiger partial charge in [0.1, 0.15) is 0 Å². The van der Waals surface area contributed by atoms with Gasteiger partial charge < -0.3 is 15.4 Å². The van der Waals surface area contributed by atoms with Gasteiger partial charge in [0.2, 0.25) is 0 Å². The molecule has 1 aliphatic heterocycles. The minimum absolute atomic E-state index is 0.0607. The van der Waals surface area contributed by atoms with Crippen LogP contribution >= 0.6 is 11.3 Å². The Hall–Kier alpha value is -0.650. The molecule has 0 spiro atoms. The van der Waals surface area contributed by atoms with E-state index in [1.807, 2.05) is 0 Å². The van der Waals surface area contributed by atoms with E-state index in [-0.39, 0.29) is 5.41 Å². The smallest absolute Gasteiger partial charge is 0.185 e. The predicted octanol–water partition coefficient (Wildman–Crippen LogP) is 2.76. The van der Waals surface area contributed by atoms with Crippen LogP contribution in [0.2, 0.25) is 0 Å². The largest absolute Gasteiger partial charge is 0.384 e. The number of nitrogens with two attached hydrogens (primary N) is 1. The van der Waals surface area contributed by atoms with Crippen molar-refractivity contribution in [2.24, 2.45) is 11.7 Å². The van der Waals surface area contributed by atoms with Crippen molar-refractivity contribution in [1.29, 1.82) is 0 Å². The Morgan fingerprint density at radius 1 is 1.45 bits per heavy atom. The molecule has 1 atom stereocenters. The maximum atomic E-state index is 5.90. The second-order valence-electron chi connectivity index (χ2n) is 6.63. The second kappa shape index (κ2) is 6.41. The summed E-state index contributed by atoms with van der Waals surface area (Å²) in [5.41, 5.74) is 7.12. The fourth-order valence-corrected chi connectivity index (χ4v) is 3.99. The van der Waals surface area contributed by atoms with Crippen LogP contribution in [0, 0.1) is 5.92 Å². The van der Waals surface area contributed by atoms with E-state index in [1.54, 1.807) is 18.4 Å². The van der Waals surface area contributed by atoms with Gasteiger partial charge in [-0.3, -0.25) is 0 Å². The highest BCUT2D eigenvalue weighted by atomic mass is 32.1. The first kappa shape index (κ1) is 15.7. The van der Waals surface area contributed by atoms with Gasteiger partial charge in [0, 0.05) is 37.0 Å². The van der Waals surface area contributed by atoms with Crippen molar-refractivity contribution in [2.45, 2.75) is 45.6 Å². The Morgan fingerprint density at radius 2 is 2.20 bits per heavy atom. The maximum Gasteiger partial charge on any atom is 0.185 e. The van der Waals surface area contributed by atoms with Gasteiger partial charge in [-0.2, -0.15) is 0 Å². The van der Waals surface area contributed by atoms with Gasteiger partial charge in [-0.1, -0.05) is 20.8 Å². The van der Waals surface area contributed by atoms with Crippen molar-refractivity contribution < 1.29 is 4.74 Å². The Labute approximate surface area is 126 Å². The molecule has 114 valence electrons. The summed E-state index contributed by atoms with van der Waals surface area (Å²) >= 11 is 1.76. The summed E-state index contributed by atoms with van der Waals surface area (Å²) in [6, 6.07) is 0. The fraction of sp³-hybridized carbons (Fsp3) is 0.800. The molecule has 1 aliphatic rings. The van der Waals surface area contributed by atoms with Gasteiger partial charge in [-0.05, 0) is 18.8 Å². The summed E-state index contributed by atoms with van der Waals surface area (Å²) < 4.78 is 5.31. The molecule has 20 heavy (non-hydrogen) atoms. The lowest BCUT2D eigenvalue weighted by atomic mass is 9.91. The third-order valence-electron chi connectivity index (χ3n) is 3.77. The van der Waals surface area contributed by atoms with Gasteiger partial charge in [-0.25, -0.2) is 4.98 Å². The number of anilines is 1. The van der Waals surface area contributed by atoms with Crippen LogP contribution in [0.5, 0.6) is 0 Å². The van der Waals surface area contributed by atoms with Gasteiger partial charge in [0.25, 0.3) is 0 Å². The van der Waals surface area contributed by atoms with Crippen molar-refractivity contribution in [1.82, 2.24) is 4.98 Å². The first-order chi connectivity index (χ1) is 9.45. The summed E-state index contributed by atoms with van der Waals surface area (Å²) in [4.78, 5) is 8.53. The molecule has 1 unspecified atom stereocenters. The lowest BCUT2D eigenvalue weighted by Gasteiger charge is -2.32. The van der Waals surface area contributed by atoms with Crippen molar-refractivity contribution in [3.63, 3.8) is 0 Å². The number of rotatable bonds is 4. The molecule has 0 bridgehead atoms. The summed E-state index contributed by atoms with van der Waals surface area (Å²) in [6.07, 6.45) is 2.47. The van der Waals surface area contributed by atoms with Crippen LogP contribution in [0.25, 0.3) is 0 Å². The normalized spacial score (nSPS) is 20.4. The van der Waals surface area contributed by atoms with E-state index in [2.05, 4.69) is 25.7 Å². The minimum Gasteiger partial charge on any atom is -0.384 e. The highest BCUT2D eigenvalue weighted by molar-refractivity contribution is 7.15. The molecule has 2 heterocycles. The van der Waals surface area contributed by atoms with Crippen molar-refractivity contribution in [3.8, 4) is 0 Å². The molecular formula is C15H27N3OS. The third-order valence-corrected chi connectivity index (χ3v) is 4.91. The van der Waals surface area contributed by atoms with Gasteiger partial charge >= 0.3 is 0 Å². The Morgan fingerprint density at radius 3 is 2.75 bits per heavy atom. The number of piperidine rings is 1. The number of methoxy groups -OCH3 is 1. The number of hydrogen-bond acceptors (Lipinski definition) is 5. The maximum absolute atomic E-state index is 5.90. The molecule has 0 aliphatic carbocycles. The van der Waals surface area contributed by atoms with Crippen LogP contribution in [0.1, 0.15) is 44.2 Å². The minimum atomic E-state index is 0.0607. The Balaban J connectivity index is 2.18. The number of nitrogens with zero attached hydrogens (tertiary/aromatic N) is 2. The van der Waals surface area contributed by atoms with Gasteiger partial charge in [-0.15, -0.1) is 11.3 Å². The number of aromatic nitrogens is 1. The van der Waals surface area contributed by atoms with E-state index in [0.717, 1.165) is 30.5 Å². The Bertz CT molecular complexity index is 437. The van der Waals surface area contributed by atoms with Crippen molar-refractivity contribution in [3.05, 3.63) is 10.6 Å². The molecule has 1 fully saturated rings. The molecular weight excluding hydrogens is 270 g/mol. The number of thiazole rings is 1. The predicted molar refractivity (Wildman–Crippen MR) is 85.5 cm³/mol. The fourth-order valence-electron chi connectivity index (χ4n) is 2.81. The van der Waals surface area contributed by atoms with Crippen LogP contribution in [-0.2, 0) is 16.7 Å². The van der Waals surface area contributed by atoms with Crippen LogP contribution in [0.15, 0.2) is 0 Å². The molecule has 0 aromatic carbocycles. The molecule has 2 N–H and O–H groups in total.